The molecule has 22 heavy (non-hydrogen) atoms. The van der Waals surface area contributed by atoms with Crippen molar-refractivity contribution in [1.82, 2.24) is 9.78 Å². The van der Waals surface area contributed by atoms with Gasteiger partial charge in [0.25, 0.3) is 0 Å². The van der Waals surface area contributed by atoms with Crippen molar-refractivity contribution < 1.29 is 0 Å². The van der Waals surface area contributed by atoms with E-state index in [0.29, 0.717) is 5.82 Å². The highest BCUT2D eigenvalue weighted by atomic mass is 35.5. The molecular formula is C17H16ClN3S. The molecule has 0 radical (unpaired) electrons. The molecule has 0 aliphatic carbocycles. The van der Waals surface area contributed by atoms with Crippen LogP contribution in [0.4, 0.5) is 5.82 Å². The number of thioether (sulfide) groups is 1. The second-order valence-corrected chi connectivity index (χ2v) is 6.32. The van der Waals surface area contributed by atoms with Gasteiger partial charge in [-0.1, -0.05) is 29.8 Å². The summed E-state index contributed by atoms with van der Waals surface area (Å²) in [5.41, 5.74) is 9.86. The number of nitrogen functional groups attached to an aromatic ring is 1. The van der Waals surface area contributed by atoms with E-state index in [4.69, 9.17) is 17.3 Å². The minimum absolute atomic E-state index is 0.487. The van der Waals surface area contributed by atoms with E-state index < -0.39 is 0 Å². The van der Waals surface area contributed by atoms with Crippen LogP contribution in [0.2, 0.25) is 5.02 Å². The summed E-state index contributed by atoms with van der Waals surface area (Å²) in [7, 11) is 0. The molecule has 0 saturated carbocycles. The molecule has 2 aromatic carbocycles. The predicted octanol–water partition coefficient (Wildman–Crippen LogP) is 4.81. The number of rotatable bonds is 3. The molecule has 5 heteroatoms. The monoisotopic (exact) mass is 329 g/mol. The molecule has 0 bridgehead atoms. The van der Waals surface area contributed by atoms with Crippen molar-refractivity contribution in [3.05, 3.63) is 59.1 Å². The standard InChI is InChI=1S/C17H16ClN3S/c1-11-3-6-13(9-15(11)18)21-16(10-17(19)20-21)12-4-7-14(22-2)8-5-12/h3-10H,1-2H3,(H2,19,20). The predicted molar refractivity (Wildman–Crippen MR) is 94.9 cm³/mol. The molecule has 0 amide bonds. The first-order chi connectivity index (χ1) is 10.6. The zero-order chi connectivity index (χ0) is 15.7. The molecular weight excluding hydrogens is 314 g/mol. The van der Waals surface area contributed by atoms with Crippen LogP contribution in [0.3, 0.4) is 0 Å². The van der Waals surface area contributed by atoms with Gasteiger partial charge in [-0.25, -0.2) is 4.68 Å². The molecule has 2 N–H and O–H groups in total. The average molecular weight is 330 g/mol. The van der Waals surface area contributed by atoms with E-state index >= 15 is 0 Å². The Bertz CT molecular complexity index is 809. The van der Waals surface area contributed by atoms with Gasteiger partial charge in [0.05, 0.1) is 11.4 Å². The van der Waals surface area contributed by atoms with E-state index in [0.717, 1.165) is 27.5 Å². The van der Waals surface area contributed by atoms with Crippen molar-refractivity contribution in [3.63, 3.8) is 0 Å². The topological polar surface area (TPSA) is 43.8 Å². The molecule has 0 spiro atoms. The van der Waals surface area contributed by atoms with Crippen LogP contribution in [0.1, 0.15) is 5.56 Å². The molecule has 3 rings (SSSR count). The zero-order valence-electron chi connectivity index (χ0n) is 12.4. The lowest BCUT2D eigenvalue weighted by molar-refractivity contribution is 0.893. The van der Waals surface area contributed by atoms with Crippen LogP contribution in [0, 0.1) is 6.92 Å². The Morgan fingerprint density at radius 2 is 1.82 bits per heavy atom. The van der Waals surface area contributed by atoms with E-state index in [-0.39, 0.29) is 0 Å². The number of nitrogens with two attached hydrogens (primary N) is 1. The van der Waals surface area contributed by atoms with E-state index in [1.807, 2.05) is 35.9 Å². The fraction of sp³-hybridized carbons (Fsp3) is 0.118. The number of hydrogen-bond acceptors (Lipinski definition) is 3. The second kappa shape index (κ2) is 6.07. The van der Waals surface area contributed by atoms with Crippen molar-refractivity contribution in [2.45, 2.75) is 11.8 Å². The number of anilines is 1. The molecule has 0 atom stereocenters. The maximum absolute atomic E-state index is 6.23. The Morgan fingerprint density at radius 1 is 1.09 bits per heavy atom. The highest BCUT2D eigenvalue weighted by molar-refractivity contribution is 7.98. The van der Waals surface area contributed by atoms with Gasteiger partial charge in [-0.05, 0) is 43.0 Å². The number of halogens is 1. The summed E-state index contributed by atoms with van der Waals surface area (Å²) in [5.74, 6) is 0.487. The molecule has 0 unspecified atom stereocenters. The first-order valence-corrected chi connectivity index (χ1v) is 8.45. The molecule has 3 nitrogen and oxygen atoms in total. The average Bonchev–Trinajstić information content (AvgIpc) is 2.92. The number of aryl methyl sites for hydroxylation is 1. The Labute approximate surface area is 139 Å². The van der Waals surface area contributed by atoms with Gasteiger partial charge in [0.2, 0.25) is 0 Å². The Balaban J connectivity index is 2.10. The van der Waals surface area contributed by atoms with Crippen molar-refractivity contribution >= 4 is 29.2 Å². The van der Waals surface area contributed by atoms with Crippen LogP contribution >= 0.6 is 23.4 Å². The molecule has 0 aliphatic rings. The number of benzene rings is 2. The molecule has 112 valence electrons. The Hall–Kier alpha value is -1.91. The Kier molecular flexibility index (Phi) is 4.14. The van der Waals surface area contributed by atoms with Gasteiger partial charge in [-0.15, -0.1) is 11.8 Å². The summed E-state index contributed by atoms with van der Waals surface area (Å²) in [6.45, 7) is 1.98. The van der Waals surface area contributed by atoms with E-state index in [1.54, 1.807) is 11.8 Å². The van der Waals surface area contributed by atoms with Crippen molar-refractivity contribution in [3.8, 4) is 16.9 Å². The lowest BCUT2D eigenvalue weighted by Crippen LogP contribution is -2.00. The van der Waals surface area contributed by atoms with Gasteiger partial charge < -0.3 is 5.73 Å². The molecule has 0 fully saturated rings. The first kappa shape index (κ1) is 15.0. The first-order valence-electron chi connectivity index (χ1n) is 6.85. The molecule has 1 heterocycles. The minimum Gasteiger partial charge on any atom is -0.382 e. The fourth-order valence-electron chi connectivity index (χ4n) is 2.28. The van der Waals surface area contributed by atoms with E-state index in [9.17, 15) is 0 Å². The zero-order valence-corrected chi connectivity index (χ0v) is 13.9. The van der Waals surface area contributed by atoms with Crippen LogP contribution in [0.15, 0.2) is 53.4 Å². The molecule has 3 aromatic rings. The van der Waals surface area contributed by atoms with E-state index in [1.165, 1.54) is 4.90 Å². The largest absolute Gasteiger partial charge is 0.382 e. The van der Waals surface area contributed by atoms with Crippen LogP contribution < -0.4 is 5.73 Å². The Morgan fingerprint density at radius 3 is 2.45 bits per heavy atom. The molecule has 0 aliphatic heterocycles. The van der Waals surface area contributed by atoms with Gasteiger partial charge >= 0.3 is 0 Å². The summed E-state index contributed by atoms with van der Waals surface area (Å²) < 4.78 is 1.83. The highest BCUT2D eigenvalue weighted by Crippen LogP contribution is 2.28. The van der Waals surface area contributed by atoms with Crippen LogP contribution in [0.25, 0.3) is 16.9 Å². The van der Waals surface area contributed by atoms with Gasteiger partial charge in [-0.3, -0.25) is 0 Å². The normalized spacial score (nSPS) is 10.9. The number of aromatic nitrogens is 2. The lowest BCUT2D eigenvalue weighted by Gasteiger charge is -2.09. The van der Waals surface area contributed by atoms with Crippen molar-refractivity contribution in [2.75, 3.05) is 12.0 Å². The third-order valence-electron chi connectivity index (χ3n) is 3.51. The number of hydrogen-bond donors (Lipinski definition) is 1. The summed E-state index contributed by atoms with van der Waals surface area (Å²) in [5, 5.41) is 5.12. The smallest absolute Gasteiger partial charge is 0.146 e. The highest BCUT2D eigenvalue weighted by Gasteiger charge is 2.11. The minimum atomic E-state index is 0.487. The maximum atomic E-state index is 6.23. The van der Waals surface area contributed by atoms with Crippen molar-refractivity contribution in [2.24, 2.45) is 0 Å². The summed E-state index contributed by atoms with van der Waals surface area (Å²) in [6.07, 6.45) is 2.06. The third-order valence-corrected chi connectivity index (χ3v) is 4.66. The lowest BCUT2D eigenvalue weighted by atomic mass is 10.1. The van der Waals surface area contributed by atoms with Gasteiger partial charge in [0.1, 0.15) is 5.82 Å². The van der Waals surface area contributed by atoms with Gasteiger partial charge in [0.15, 0.2) is 0 Å². The van der Waals surface area contributed by atoms with Gasteiger partial charge in [0, 0.05) is 21.5 Å². The van der Waals surface area contributed by atoms with E-state index in [2.05, 4.69) is 35.6 Å². The van der Waals surface area contributed by atoms with Gasteiger partial charge in [-0.2, -0.15) is 5.10 Å². The number of nitrogens with zero attached hydrogens (tertiary/aromatic N) is 2. The van der Waals surface area contributed by atoms with Crippen LogP contribution in [0.5, 0.6) is 0 Å². The quantitative estimate of drug-likeness (QED) is 0.701. The van der Waals surface area contributed by atoms with Crippen molar-refractivity contribution in [1.29, 1.82) is 0 Å². The third kappa shape index (κ3) is 2.85. The summed E-state index contributed by atoms with van der Waals surface area (Å²) >= 11 is 7.95. The van der Waals surface area contributed by atoms with Crippen LogP contribution in [-0.4, -0.2) is 16.0 Å². The fourth-order valence-corrected chi connectivity index (χ4v) is 2.86. The molecule has 1 aromatic heterocycles. The second-order valence-electron chi connectivity index (χ2n) is 5.03. The maximum Gasteiger partial charge on any atom is 0.146 e. The van der Waals surface area contributed by atoms with Crippen LogP contribution in [-0.2, 0) is 0 Å². The SMILES string of the molecule is CSc1ccc(-c2cc(N)nn2-c2ccc(C)c(Cl)c2)cc1. The molecule has 0 saturated heterocycles. The summed E-state index contributed by atoms with van der Waals surface area (Å²) in [4.78, 5) is 1.22. The summed E-state index contributed by atoms with van der Waals surface area (Å²) in [6, 6.07) is 16.1.